The molecule has 1 heterocycles. The molecule has 2 aromatic carbocycles. The molecule has 8 nitrogen and oxygen atoms in total. The lowest BCUT2D eigenvalue weighted by Crippen LogP contribution is -2.32. The van der Waals surface area contributed by atoms with Gasteiger partial charge in [-0.05, 0) is 35.1 Å². The van der Waals surface area contributed by atoms with Gasteiger partial charge in [0.1, 0.15) is 16.5 Å². The SMILES string of the molecule is Cc1nc(CNC(=O)CC(C)CNC(=O)OCC2c3ccccc3-c3ccccc32)sc1C(=O)O. The van der Waals surface area contributed by atoms with Crippen molar-refractivity contribution in [1.29, 1.82) is 0 Å². The molecule has 3 N–H and O–H groups in total. The van der Waals surface area contributed by atoms with Crippen molar-refractivity contribution in [3.05, 3.63) is 75.2 Å². The first-order valence-electron chi connectivity index (χ1n) is 11.4. The Bertz CT molecular complexity index is 1210. The van der Waals surface area contributed by atoms with Gasteiger partial charge in [0.05, 0.1) is 12.2 Å². The van der Waals surface area contributed by atoms with Crippen LogP contribution >= 0.6 is 11.3 Å². The molecule has 0 spiro atoms. The number of benzene rings is 2. The van der Waals surface area contributed by atoms with E-state index < -0.39 is 12.1 Å². The fourth-order valence-electron chi connectivity index (χ4n) is 4.27. The topological polar surface area (TPSA) is 118 Å². The number of aryl methyl sites for hydroxylation is 1. The number of carbonyl (C=O) groups excluding carboxylic acids is 2. The highest BCUT2D eigenvalue weighted by Crippen LogP contribution is 2.44. The van der Waals surface area contributed by atoms with E-state index in [4.69, 9.17) is 9.84 Å². The van der Waals surface area contributed by atoms with E-state index in [1.165, 1.54) is 11.1 Å². The van der Waals surface area contributed by atoms with Gasteiger partial charge in [-0.15, -0.1) is 11.3 Å². The number of carbonyl (C=O) groups is 3. The molecule has 0 fully saturated rings. The van der Waals surface area contributed by atoms with E-state index in [0.717, 1.165) is 22.5 Å². The van der Waals surface area contributed by atoms with Crippen molar-refractivity contribution < 1.29 is 24.2 Å². The van der Waals surface area contributed by atoms with Crippen LogP contribution in [0.1, 0.15) is 50.8 Å². The molecular weight excluding hydrogens is 466 g/mol. The lowest BCUT2D eigenvalue weighted by Gasteiger charge is -2.16. The molecule has 9 heteroatoms. The Hall–Kier alpha value is -3.72. The highest BCUT2D eigenvalue weighted by molar-refractivity contribution is 7.13. The second-order valence-electron chi connectivity index (χ2n) is 8.62. The van der Waals surface area contributed by atoms with Crippen LogP contribution in [0.2, 0.25) is 0 Å². The van der Waals surface area contributed by atoms with Crippen LogP contribution < -0.4 is 10.6 Å². The quantitative estimate of drug-likeness (QED) is 0.408. The number of nitrogens with one attached hydrogen (secondary N) is 2. The molecule has 0 aliphatic heterocycles. The molecule has 0 saturated carbocycles. The number of alkyl carbamates (subject to hydrolysis) is 1. The summed E-state index contributed by atoms with van der Waals surface area (Å²) < 4.78 is 5.53. The average Bonchev–Trinajstić information content (AvgIpc) is 3.38. The van der Waals surface area contributed by atoms with Gasteiger partial charge in [0, 0.05) is 18.9 Å². The van der Waals surface area contributed by atoms with Gasteiger partial charge < -0.3 is 20.5 Å². The molecule has 1 aliphatic rings. The first-order chi connectivity index (χ1) is 16.8. The van der Waals surface area contributed by atoms with Crippen LogP contribution in [0.5, 0.6) is 0 Å². The number of aromatic carboxylic acids is 1. The number of nitrogens with zero attached hydrogens (tertiary/aromatic N) is 1. The van der Waals surface area contributed by atoms with Crippen molar-refractivity contribution in [2.75, 3.05) is 13.2 Å². The van der Waals surface area contributed by atoms with Crippen LogP contribution in [0, 0.1) is 12.8 Å². The van der Waals surface area contributed by atoms with Gasteiger partial charge in [-0.25, -0.2) is 14.6 Å². The Labute approximate surface area is 207 Å². The molecule has 3 aromatic rings. The number of ether oxygens (including phenoxy) is 1. The molecule has 0 bridgehead atoms. The second kappa shape index (κ2) is 10.7. The van der Waals surface area contributed by atoms with Crippen molar-refractivity contribution in [2.24, 2.45) is 5.92 Å². The van der Waals surface area contributed by atoms with Gasteiger partial charge in [-0.3, -0.25) is 4.79 Å². The molecule has 1 atom stereocenters. The number of hydrogen-bond acceptors (Lipinski definition) is 6. The van der Waals surface area contributed by atoms with Crippen molar-refractivity contribution in [2.45, 2.75) is 32.7 Å². The number of fused-ring (bicyclic) bond motifs is 3. The molecule has 1 aromatic heterocycles. The van der Waals surface area contributed by atoms with Crippen molar-refractivity contribution >= 4 is 29.3 Å². The number of carboxylic acid groups (broad SMARTS) is 1. The van der Waals surface area contributed by atoms with Crippen LogP contribution in [-0.4, -0.2) is 41.2 Å². The number of carboxylic acids is 1. The van der Waals surface area contributed by atoms with E-state index >= 15 is 0 Å². The first kappa shape index (κ1) is 24.4. The monoisotopic (exact) mass is 493 g/mol. The minimum absolute atomic E-state index is 0.00695. The standard InChI is InChI=1S/C26H27N3O5S/c1-15(11-22(30)27-13-23-29-16(2)24(35-23)25(31)32)12-28-26(33)34-14-21-19-9-5-3-7-17(19)18-8-4-6-10-20(18)21/h3-10,15,21H,11-14H2,1-2H3,(H,27,30)(H,28,33)(H,31,32). The number of hydrogen-bond donors (Lipinski definition) is 3. The maximum absolute atomic E-state index is 12.3. The summed E-state index contributed by atoms with van der Waals surface area (Å²) in [7, 11) is 0. The van der Waals surface area contributed by atoms with Crippen LogP contribution in [0.4, 0.5) is 4.79 Å². The van der Waals surface area contributed by atoms with Gasteiger partial charge in [0.15, 0.2) is 0 Å². The second-order valence-corrected chi connectivity index (χ2v) is 9.70. The fourth-order valence-corrected chi connectivity index (χ4v) is 5.11. The van der Waals surface area contributed by atoms with E-state index in [-0.39, 0.29) is 42.2 Å². The van der Waals surface area contributed by atoms with E-state index in [9.17, 15) is 14.4 Å². The normalized spacial score (nSPS) is 13.0. The van der Waals surface area contributed by atoms with E-state index in [2.05, 4.69) is 39.9 Å². The van der Waals surface area contributed by atoms with Crippen LogP contribution in [0.25, 0.3) is 11.1 Å². The minimum atomic E-state index is -1.02. The van der Waals surface area contributed by atoms with Gasteiger partial charge >= 0.3 is 12.1 Å². The third-order valence-corrected chi connectivity index (χ3v) is 7.09. The Balaban J connectivity index is 1.21. The Morgan fingerprint density at radius 3 is 2.29 bits per heavy atom. The first-order valence-corrected chi connectivity index (χ1v) is 12.2. The van der Waals surface area contributed by atoms with E-state index in [0.29, 0.717) is 17.2 Å². The van der Waals surface area contributed by atoms with E-state index in [1.807, 2.05) is 31.2 Å². The highest BCUT2D eigenvalue weighted by Gasteiger charge is 2.29. The zero-order valence-electron chi connectivity index (χ0n) is 19.5. The minimum Gasteiger partial charge on any atom is -0.477 e. The molecular formula is C26H27N3O5S. The smallest absolute Gasteiger partial charge is 0.407 e. The summed E-state index contributed by atoms with van der Waals surface area (Å²) in [6, 6.07) is 16.3. The molecule has 1 aliphatic carbocycles. The number of amides is 2. The van der Waals surface area contributed by atoms with E-state index in [1.54, 1.807) is 6.92 Å². The van der Waals surface area contributed by atoms with Gasteiger partial charge in [0.25, 0.3) is 0 Å². The van der Waals surface area contributed by atoms with Crippen molar-refractivity contribution in [1.82, 2.24) is 15.6 Å². The molecule has 1 unspecified atom stereocenters. The highest BCUT2D eigenvalue weighted by atomic mass is 32.1. The third kappa shape index (κ3) is 5.68. The summed E-state index contributed by atoms with van der Waals surface area (Å²) in [5, 5.41) is 15.1. The zero-order chi connectivity index (χ0) is 24.9. The summed E-state index contributed by atoms with van der Waals surface area (Å²) in [4.78, 5) is 40.0. The molecule has 2 amide bonds. The number of aromatic nitrogens is 1. The Morgan fingerprint density at radius 2 is 1.69 bits per heavy atom. The molecule has 0 saturated heterocycles. The molecule has 35 heavy (non-hydrogen) atoms. The summed E-state index contributed by atoms with van der Waals surface area (Å²) in [5.74, 6) is -1.34. The zero-order valence-corrected chi connectivity index (χ0v) is 20.4. The van der Waals surface area contributed by atoms with Crippen molar-refractivity contribution in [3.63, 3.8) is 0 Å². The predicted octanol–water partition coefficient (Wildman–Crippen LogP) is 4.33. The lowest BCUT2D eigenvalue weighted by atomic mass is 9.98. The molecule has 0 radical (unpaired) electrons. The summed E-state index contributed by atoms with van der Waals surface area (Å²) in [5.41, 5.74) is 5.08. The summed E-state index contributed by atoms with van der Waals surface area (Å²) in [6.45, 7) is 4.19. The van der Waals surface area contributed by atoms with Crippen LogP contribution in [-0.2, 0) is 16.1 Å². The Kier molecular flexibility index (Phi) is 7.45. The predicted molar refractivity (Wildman–Crippen MR) is 133 cm³/mol. The third-order valence-electron chi connectivity index (χ3n) is 5.94. The van der Waals surface area contributed by atoms with Gasteiger partial charge in [-0.1, -0.05) is 55.5 Å². The van der Waals surface area contributed by atoms with Gasteiger partial charge in [-0.2, -0.15) is 0 Å². The average molecular weight is 494 g/mol. The van der Waals surface area contributed by atoms with Gasteiger partial charge in [0.2, 0.25) is 5.91 Å². The number of rotatable bonds is 9. The number of thiazole rings is 1. The maximum Gasteiger partial charge on any atom is 0.407 e. The van der Waals surface area contributed by atoms with Crippen molar-refractivity contribution in [3.8, 4) is 11.1 Å². The summed E-state index contributed by atoms with van der Waals surface area (Å²) in [6.07, 6.45) is -0.307. The van der Waals surface area contributed by atoms with Crippen LogP contribution in [0.15, 0.2) is 48.5 Å². The fraction of sp³-hybridized carbons (Fsp3) is 0.308. The Morgan fingerprint density at radius 1 is 1.06 bits per heavy atom. The lowest BCUT2D eigenvalue weighted by molar-refractivity contribution is -0.122. The largest absolute Gasteiger partial charge is 0.477 e. The molecule has 4 rings (SSSR count). The van der Waals surface area contributed by atoms with Crippen LogP contribution in [0.3, 0.4) is 0 Å². The summed E-state index contributed by atoms with van der Waals surface area (Å²) >= 11 is 1.05. The maximum atomic E-state index is 12.3. The molecule has 182 valence electrons.